The summed E-state index contributed by atoms with van der Waals surface area (Å²) >= 11 is 0. The van der Waals surface area contributed by atoms with Crippen molar-refractivity contribution < 1.29 is 14.3 Å². The van der Waals surface area contributed by atoms with Crippen molar-refractivity contribution in [2.75, 3.05) is 26.2 Å². The number of hydrogen-bond acceptors (Lipinski definition) is 3. The largest absolute Gasteiger partial charge is 0.375 e. The van der Waals surface area contributed by atoms with Gasteiger partial charge < -0.3 is 19.9 Å². The lowest BCUT2D eigenvalue weighted by molar-refractivity contribution is -0.122. The highest BCUT2D eigenvalue weighted by Crippen LogP contribution is 2.38. The van der Waals surface area contributed by atoms with E-state index in [2.05, 4.69) is 10.3 Å². The zero-order valence-electron chi connectivity index (χ0n) is 18.2. The van der Waals surface area contributed by atoms with Gasteiger partial charge in [-0.05, 0) is 61.9 Å². The summed E-state index contributed by atoms with van der Waals surface area (Å²) in [6.07, 6.45) is 5.43. The van der Waals surface area contributed by atoms with E-state index in [4.69, 9.17) is 4.74 Å². The predicted octanol–water partition coefficient (Wildman–Crippen LogP) is 4.00. The van der Waals surface area contributed by atoms with Crippen molar-refractivity contribution in [2.24, 2.45) is 5.92 Å². The number of benzene rings is 2. The molecule has 3 heterocycles. The Hall–Kier alpha value is -3.12. The first-order chi connectivity index (χ1) is 15.6. The Morgan fingerprint density at radius 1 is 1.06 bits per heavy atom. The third-order valence-corrected chi connectivity index (χ3v) is 6.97. The molecule has 2 aromatic carbocycles. The third kappa shape index (κ3) is 4.15. The van der Waals surface area contributed by atoms with Crippen molar-refractivity contribution in [1.82, 2.24) is 15.2 Å². The lowest BCUT2D eigenvalue weighted by Crippen LogP contribution is -2.51. The van der Waals surface area contributed by atoms with Gasteiger partial charge in [0.1, 0.15) is 0 Å². The van der Waals surface area contributed by atoms with Gasteiger partial charge in [-0.15, -0.1) is 0 Å². The van der Waals surface area contributed by atoms with Crippen LogP contribution in [0.2, 0.25) is 0 Å². The van der Waals surface area contributed by atoms with E-state index in [1.807, 2.05) is 65.7 Å². The number of hydrogen-bond donors (Lipinski definition) is 2. The van der Waals surface area contributed by atoms with E-state index in [-0.39, 0.29) is 17.4 Å². The molecule has 32 heavy (non-hydrogen) atoms. The Kier molecular flexibility index (Phi) is 5.70. The number of rotatable bonds is 4. The van der Waals surface area contributed by atoms with Crippen molar-refractivity contribution >= 4 is 22.7 Å². The highest BCUT2D eigenvalue weighted by Gasteiger charge is 2.41. The van der Waals surface area contributed by atoms with E-state index >= 15 is 0 Å². The summed E-state index contributed by atoms with van der Waals surface area (Å²) in [5.74, 6) is 0.463. The monoisotopic (exact) mass is 431 g/mol. The zero-order chi connectivity index (χ0) is 22.0. The number of carbonyl (C=O) groups is 2. The Morgan fingerprint density at radius 2 is 1.88 bits per heavy atom. The number of fused-ring (bicyclic) bond motifs is 1. The van der Waals surface area contributed by atoms with Crippen LogP contribution in [0.4, 0.5) is 0 Å². The van der Waals surface area contributed by atoms with E-state index in [9.17, 15) is 9.59 Å². The molecule has 0 saturated carbocycles. The van der Waals surface area contributed by atoms with Crippen LogP contribution < -0.4 is 5.32 Å². The summed E-state index contributed by atoms with van der Waals surface area (Å²) in [5, 5.41) is 4.06. The summed E-state index contributed by atoms with van der Waals surface area (Å²) in [6.45, 7) is 2.77. The number of carbonyl (C=O) groups excluding carboxylic acids is 2. The van der Waals surface area contributed by atoms with E-state index in [0.717, 1.165) is 42.1 Å². The first-order valence-electron chi connectivity index (χ1n) is 11.5. The van der Waals surface area contributed by atoms with Crippen molar-refractivity contribution in [1.29, 1.82) is 0 Å². The van der Waals surface area contributed by atoms with Gasteiger partial charge >= 0.3 is 0 Å². The molecule has 2 aliphatic rings. The molecule has 2 N–H and O–H groups in total. The standard InChI is InChI=1S/C26H29N3O3/c30-24(20-5-2-1-3-6-20)28-18-19-10-16-32-26(17-19)11-14-29(15-12-26)25(31)22-7-4-8-23-21(22)9-13-27-23/h1-9,13,19,27H,10-12,14-18H2,(H,28,30). The molecule has 6 nitrogen and oxygen atoms in total. The molecule has 0 aliphatic carbocycles. The minimum Gasteiger partial charge on any atom is -0.375 e. The molecule has 1 spiro atoms. The number of H-pyrrole nitrogens is 1. The number of nitrogens with zero attached hydrogens (tertiary/aromatic N) is 1. The minimum atomic E-state index is -0.183. The van der Waals surface area contributed by atoms with Crippen molar-refractivity contribution in [3.05, 3.63) is 71.9 Å². The van der Waals surface area contributed by atoms with Gasteiger partial charge in [-0.1, -0.05) is 24.3 Å². The van der Waals surface area contributed by atoms with Crippen LogP contribution in [-0.2, 0) is 4.74 Å². The number of likely N-dealkylation sites (tertiary alicyclic amines) is 1. The van der Waals surface area contributed by atoms with Crippen LogP contribution in [-0.4, -0.2) is 53.5 Å². The topological polar surface area (TPSA) is 74.4 Å². The van der Waals surface area contributed by atoms with Crippen molar-refractivity contribution in [2.45, 2.75) is 31.3 Å². The SMILES string of the molecule is O=C(NCC1CCOC2(CCN(C(=O)c3cccc4[nH]ccc34)CC2)C1)c1ccccc1. The second kappa shape index (κ2) is 8.79. The Labute approximate surface area is 187 Å². The molecule has 0 bridgehead atoms. The average molecular weight is 432 g/mol. The van der Waals surface area contributed by atoms with Gasteiger partial charge in [-0.2, -0.15) is 0 Å². The Bertz CT molecular complexity index is 1100. The number of nitrogens with one attached hydrogen (secondary N) is 2. The van der Waals surface area contributed by atoms with Gasteiger partial charge in [0.2, 0.25) is 0 Å². The predicted molar refractivity (Wildman–Crippen MR) is 124 cm³/mol. The molecular formula is C26H29N3O3. The van der Waals surface area contributed by atoms with Gasteiger partial charge in [-0.3, -0.25) is 9.59 Å². The fourth-order valence-electron chi connectivity index (χ4n) is 5.14. The summed E-state index contributed by atoms with van der Waals surface area (Å²) in [6, 6.07) is 17.1. The molecule has 2 fully saturated rings. The van der Waals surface area contributed by atoms with Gasteiger partial charge in [0.05, 0.1) is 5.60 Å². The van der Waals surface area contributed by atoms with Crippen LogP contribution in [0.3, 0.4) is 0 Å². The number of piperidine rings is 1. The third-order valence-electron chi connectivity index (χ3n) is 6.97. The van der Waals surface area contributed by atoms with E-state index in [0.29, 0.717) is 37.7 Å². The first kappa shape index (κ1) is 20.8. The maximum Gasteiger partial charge on any atom is 0.254 e. The lowest BCUT2D eigenvalue weighted by atomic mass is 9.79. The molecular weight excluding hydrogens is 402 g/mol. The molecule has 3 aromatic rings. The molecule has 1 unspecified atom stereocenters. The number of amides is 2. The number of ether oxygens (including phenoxy) is 1. The lowest BCUT2D eigenvalue weighted by Gasteiger charge is -2.46. The smallest absolute Gasteiger partial charge is 0.254 e. The summed E-state index contributed by atoms with van der Waals surface area (Å²) in [7, 11) is 0. The quantitative estimate of drug-likeness (QED) is 0.656. The van der Waals surface area contributed by atoms with Crippen LogP contribution in [0.1, 0.15) is 46.4 Å². The summed E-state index contributed by atoms with van der Waals surface area (Å²) in [5.41, 5.74) is 2.25. The second-order valence-corrected chi connectivity index (χ2v) is 9.00. The van der Waals surface area contributed by atoms with Crippen LogP contribution in [0.15, 0.2) is 60.8 Å². The molecule has 166 valence electrons. The zero-order valence-corrected chi connectivity index (χ0v) is 18.2. The molecule has 1 atom stereocenters. The maximum atomic E-state index is 13.2. The molecule has 5 rings (SSSR count). The van der Waals surface area contributed by atoms with Crippen LogP contribution in [0.5, 0.6) is 0 Å². The summed E-state index contributed by atoms with van der Waals surface area (Å²) in [4.78, 5) is 30.7. The van der Waals surface area contributed by atoms with E-state index in [1.165, 1.54) is 0 Å². The molecule has 2 saturated heterocycles. The molecule has 2 amide bonds. The van der Waals surface area contributed by atoms with Gasteiger partial charge in [0, 0.05) is 54.5 Å². The first-order valence-corrected chi connectivity index (χ1v) is 11.5. The van der Waals surface area contributed by atoms with Gasteiger partial charge in [-0.25, -0.2) is 0 Å². The molecule has 0 radical (unpaired) electrons. The van der Waals surface area contributed by atoms with Gasteiger partial charge in [0.15, 0.2) is 0 Å². The van der Waals surface area contributed by atoms with Crippen molar-refractivity contribution in [3.8, 4) is 0 Å². The number of aromatic amines is 1. The Morgan fingerprint density at radius 3 is 2.69 bits per heavy atom. The van der Waals surface area contributed by atoms with Crippen LogP contribution in [0, 0.1) is 5.92 Å². The van der Waals surface area contributed by atoms with Crippen LogP contribution in [0.25, 0.3) is 10.9 Å². The second-order valence-electron chi connectivity index (χ2n) is 9.00. The molecule has 2 aliphatic heterocycles. The van der Waals surface area contributed by atoms with Gasteiger partial charge in [0.25, 0.3) is 11.8 Å². The number of aromatic nitrogens is 1. The normalized spacial score (nSPS) is 20.4. The van der Waals surface area contributed by atoms with Crippen molar-refractivity contribution in [3.63, 3.8) is 0 Å². The van der Waals surface area contributed by atoms with Crippen LogP contribution >= 0.6 is 0 Å². The fraction of sp³-hybridized carbons (Fsp3) is 0.385. The fourth-order valence-corrected chi connectivity index (χ4v) is 5.14. The maximum absolute atomic E-state index is 13.2. The molecule has 6 heteroatoms. The minimum absolute atomic E-state index is 0.0227. The average Bonchev–Trinajstić information content (AvgIpc) is 3.32. The highest BCUT2D eigenvalue weighted by atomic mass is 16.5. The van der Waals surface area contributed by atoms with E-state index in [1.54, 1.807) is 0 Å². The highest BCUT2D eigenvalue weighted by molar-refractivity contribution is 6.06. The summed E-state index contributed by atoms with van der Waals surface area (Å²) < 4.78 is 6.26. The molecule has 1 aromatic heterocycles. The van der Waals surface area contributed by atoms with E-state index < -0.39 is 0 Å². The Balaban J connectivity index is 1.18.